The van der Waals surface area contributed by atoms with Crippen LogP contribution in [0.15, 0.2) is 47.3 Å². The molecule has 0 aliphatic carbocycles. The second kappa shape index (κ2) is 13.8. The Morgan fingerprint density at radius 1 is 1.22 bits per heavy atom. The number of carbonyl (C=O) groups is 2. The molecule has 0 bridgehead atoms. The van der Waals surface area contributed by atoms with Crippen LogP contribution in [0.3, 0.4) is 0 Å². The van der Waals surface area contributed by atoms with Crippen molar-refractivity contribution in [1.82, 2.24) is 25.1 Å². The molecule has 220 valence electrons. The van der Waals surface area contributed by atoms with Gasteiger partial charge in [-0.25, -0.2) is 9.97 Å². The van der Waals surface area contributed by atoms with E-state index in [0.717, 1.165) is 43.1 Å². The Morgan fingerprint density at radius 2 is 2.07 bits per heavy atom. The number of aliphatic hydroxyl groups excluding tert-OH is 1. The molecule has 1 fully saturated rings. The normalized spacial score (nSPS) is 17.8. The number of oxazole rings is 1. The molecule has 2 atom stereocenters. The van der Waals surface area contributed by atoms with Crippen molar-refractivity contribution in [3.8, 4) is 5.75 Å². The number of likely N-dealkylation sites (tertiary alicyclic amines) is 1. The zero-order chi connectivity index (χ0) is 28.1. The lowest BCUT2D eigenvalue weighted by molar-refractivity contribution is -0.132. The SMILES string of the molecule is Cc1ncoc1COc1ccc2c(c1)CCN(C[C@@H](O)CNC(=O)c1ccnc(NC3CCN(C)C(=O)C3)c1)C2.S. The largest absolute Gasteiger partial charge is 0.486 e. The fraction of sp³-hybridized carbons (Fsp3) is 0.448. The van der Waals surface area contributed by atoms with E-state index >= 15 is 0 Å². The van der Waals surface area contributed by atoms with Gasteiger partial charge in [0, 0.05) is 64.0 Å². The number of ether oxygens (including phenoxy) is 1. The summed E-state index contributed by atoms with van der Waals surface area (Å²) in [5, 5.41) is 16.7. The zero-order valence-electron chi connectivity index (χ0n) is 23.4. The Labute approximate surface area is 246 Å². The summed E-state index contributed by atoms with van der Waals surface area (Å²) in [5.74, 6) is 1.89. The van der Waals surface area contributed by atoms with E-state index in [1.54, 1.807) is 30.3 Å². The van der Waals surface area contributed by atoms with E-state index in [0.29, 0.717) is 37.5 Å². The molecule has 0 saturated carbocycles. The lowest BCUT2D eigenvalue weighted by atomic mass is 9.99. The first kappa shape index (κ1) is 30.4. The smallest absolute Gasteiger partial charge is 0.251 e. The third kappa shape index (κ3) is 7.99. The summed E-state index contributed by atoms with van der Waals surface area (Å²) < 4.78 is 11.2. The van der Waals surface area contributed by atoms with E-state index in [4.69, 9.17) is 9.15 Å². The van der Waals surface area contributed by atoms with Crippen LogP contribution in [0.1, 0.15) is 45.8 Å². The van der Waals surface area contributed by atoms with Gasteiger partial charge in [-0.2, -0.15) is 13.5 Å². The number of aryl methyl sites for hydroxylation is 1. The number of nitrogens with zero attached hydrogens (tertiary/aromatic N) is 4. The number of benzene rings is 1. The number of pyridine rings is 1. The average molecular weight is 583 g/mol. The number of amides is 2. The van der Waals surface area contributed by atoms with Gasteiger partial charge in [0.05, 0.1) is 11.8 Å². The minimum Gasteiger partial charge on any atom is -0.486 e. The highest BCUT2D eigenvalue weighted by atomic mass is 32.1. The molecule has 0 radical (unpaired) electrons. The van der Waals surface area contributed by atoms with Gasteiger partial charge in [0.15, 0.2) is 12.2 Å². The van der Waals surface area contributed by atoms with Crippen LogP contribution in [0.25, 0.3) is 0 Å². The third-order valence-electron chi connectivity index (χ3n) is 7.48. The van der Waals surface area contributed by atoms with Crippen molar-refractivity contribution < 1.29 is 23.8 Å². The fourth-order valence-corrected chi connectivity index (χ4v) is 5.05. The minimum absolute atomic E-state index is 0. The Bertz CT molecular complexity index is 1350. The molecular formula is C29H38N6O5S. The molecule has 2 aliphatic rings. The minimum atomic E-state index is -0.706. The van der Waals surface area contributed by atoms with Gasteiger partial charge in [-0.3, -0.25) is 14.5 Å². The van der Waals surface area contributed by atoms with Crippen LogP contribution in [0.5, 0.6) is 5.75 Å². The maximum absolute atomic E-state index is 12.8. The van der Waals surface area contributed by atoms with E-state index in [-0.39, 0.29) is 37.9 Å². The molecule has 3 aromatic rings. The zero-order valence-corrected chi connectivity index (χ0v) is 24.4. The van der Waals surface area contributed by atoms with Gasteiger partial charge < -0.3 is 29.8 Å². The summed E-state index contributed by atoms with van der Waals surface area (Å²) in [7, 11) is 1.80. The first-order valence-corrected chi connectivity index (χ1v) is 13.6. The van der Waals surface area contributed by atoms with Crippen molar-refractivity contribution >= 4 is 31.1 Å². The number of nitrogens with one attached hydrogen (secondary N) is 2. The van der Waals surface area contributed by atoms with Crippen molar-refractivity contribution in [1.29, 1.82) is 0 Å². The van der Waals surface area contributed by atoms with E-state index in [1.807, 2.05) is 13.0 Å². The number of aromatic nitrogens is 2. The molecule has 5 rings (SSSR count). The van der Waals surface area contributed by atoms with E-state index in [1.165, 1.54) is 17.5 Å². The summed E-state index contributed by atoms with van der Waals surface area (Å²) >= 11 is 0. The van der Waals surface area contributed by atoms with Crippen LogP contribution in [0.2, 0.25) is 0 Å². The molecule has 1 unspecified atom stereocenters. The molecule has 2 amide bonds. The van der Waals surface area contributed by atoms with E-state index in [2.05, 4.69) is 37.6 Å². The van der Waals surface area contributed by atoms with Crippen molar-refractivity contribution in [2.45, 2.75) is 51.5 Å². The molecule has 1 aromatic carbocycles. The van der Waals surface area contributed by atoms with Crippen molar-refractivity contribution in [3.05, 3.63) is 71.1 Å². The van der Waals surface area contributed by atoms with Gasteiger partial charge in [0.25, 0.3) is 5.91 Å². The van der Waals surface area contributed by atoms with Gasteiger partial charge in [-0.15, -0.1) is 0 Å². The quantitative estimate of drug-likeness (QED) is 0.329. The topological polar surface area (TPSA) is 133 Å². The lowest BCUT2D eigenvalue weighted by Gasteiger charge is -2.30. The summed E-state index contributed by atoms with van der Waals surface area (Å²) in [4.78, 5) is 37.0. The highest BCUT2D eigenvalue weighted by Crippen LogP contribution is 2.25. The molecule has 41 heavy (non-hydrogen) atoms. The van der Waals surface area contributed by atoms with Crippen molar-refractivity contribution in [2.75, 3.05) is 38.5 Å². The average Bonchev–Trinajstić information content (AvgIpc) is 3.37. The number of anilines is 1. The molecule has 11 nitrogen and oxygen atoms in total. The monoisotopic (exact) mass is 582 g/mol. The van der Waals surface area contributed by atoms with Gasteiger partial charge >= 0.3 is 0 Å². The molecule has 1 saturated heterocycles. The second-order valence-electron chi connectivity index (χ2n) is 10.5. The number of aliphatic hydroxyl groups is 1. The van der Waals surface area contributed by atoms with E-state index < -0.39 is 6.10 Å². The highest BCUT2D eigenvalue weighted by Gasteiger charge is 2.24. The first-order chi connectivity index (χ1) is 19.3. The summed E-state index contributed by atoms with van der Waals surface area (Å²) in [6.45, 7) is 5.05. The van der Waals surface area contributed by atoms with E-state index in [9.17, 15) is 14.7 Å². The Hall–Kier alpha value is -3.61. The number of rotatable bonds is 10. The second-order valence-corrected chi connectivity index (χ2v) is 10.5. The highest BCUT2D eigenvalue weighted by molar-refractivity contribution is 7.59. The Morgan fingerprint density at radius 3 is 2.85 bits per heavy atom. The molecule has 12 heteroatoms. The van der Waals surface area contributed by atoms with Crippen molar-refractivity contribution in [2.24, 2.45) is 0 Å². The molecular weight excluding hydrogens is 544 g/mol. The van der Waals surface area contributed by atoms with Crippen LogP contribution in [-0.2, 0) is 24.4 Å². The summed E-state index contributed by atoms with van der Waals surface area (Å²) in [5.41, 5.74) is 3.71. The molecule has 3 N–H and O–H groups in total. The summed E-state index contributed by atoms with van der Waals surface area (Å²) in [6.07, 6.45) is 4.36. The lowest BCUT2D eigenvalue weighted by Crippen LogP contribution is -2.42. The molecule has 4 heterocycles. The van der Waals surface area contributed by atoms with Crippen LogP contribution in [0.4, 0.5) is 5.82 Å². The molecule has 2 aliphatic heterocycles. The summed E-state index contributed by atoms with van der Waals surface area (Å²) in [6, 6.07) is 9.39. The van der Waals surface area contributed by atoms with Crippen LogP contribution < -0.4 is 15.4 Å². The standard InChI is InChI=1S/C29H36N6O5.H2S/c1-19-26(40-18-32-19)17-39-25-4-3-22-15-35(10-6-20(22)11-25)16-24(36)14-31-29(38)21-5-8-30-27(12-21)33-23-7-9-34(2)28(37)13-23;/h3-5,8,11-12,18,23-24,36H,6-7,9-10,13-17H2,1-2H3,(H,30,33)(H,31,38);1H2/t23?,24-;/m0./s1. The molecule has 2 aromatic heterocycles. The third-order valence-corrected chi connectivity index (χ3v) is 7.48. The van der Waals surface area contributed by atoms with Crippen LogP contribution >= 0.6 is 13.5 Å². The Balaban J connectivity index is 0.00000387. The van der Waals surface area contributed by atoms with Gasteiger partial charge in [-0.05, 0) is 55.2 Å². The predicted molar refractivity (Wildman–Crippen MR) is 158 cm³/mol. The molecule has 0 spiro atoms. The number of carbonyl (C=O) groups excluding carboxylic acids is 2. The van der Waals surface area contributed by atoms with Crippen molar-refractivity contribution in [3.63, 3.8) is 0 Å². The van der Waals surface area contributed by atoms with Gasteiger partial charge in [0.2, 0.25) is 5.91 Å². The maximum Gasteiger partial charge on any atom is 0.251 e. The first-order valence-electron chi connectivity index (χ1n) is 13.6. The predicted octanol–water partition coefficient (Wildman–Crippen LogP) is 2.25. The van der Waals surface area contributed by atoms with Crippen LogP contribution in [-0.4, -0.2) is 82.1 Å². The number of hydrogen-bond donors (Lipinski definition) is 3. The van der Waals surface area contributed by atoms with Gasteiger partial charge in [-0.1, -0.05) is 6.07 Å². The number of hydrogen-bond acceptors (Lipinski definition) is 9. The number of piperidine rings is 1. The fourth-order valence-electron chi connectivity index (χ4n) is 5.05. The maximum atomic E-state index is 12.8. The Kier molecular flexibility index (Phi) is 10.2. The number of β-amino-alcohol motifs (C(OH)–C–C–N with tert-alkyl or cyclic N) is 1. The number of fused-ring (bicyclic) bond motifs is 1. The van der Waals surface area contributed by atoms with Crippen LogP contribution in [0, 0.1) is 6.92 Å². The van der Waals surface area contributed by atoms with Gasteiger partial charge in [0.1, 0.15) is 18.2 Å².